The molecule has 6 nitrogen and oxygen atoms in total. The quantitative estimate of drug-likeness (QED) is 0.808. The number of anilines is 1. The van der Waals surface area contributed by atoms with Crippen LogP contribution in [0.4, 0.5) is 5.69 Å². The van der Waals surface area contributed by atoms with Gasteiger partial charge in [-0.25, -0.2) is 8.42 Å². The third-order valence-electron chi connectivity index (χ3n) is 2.07. The third kappa shape index (κ3) is 2.69. The number of carboxylic acids is 1. The van der Waals surface area contributed by atoms with Gasteiger partial charge in [-0.15, -0.1) is 0 Å². The highest BCUT2D eigenvalue weighted by Crippen LogP contribution is 2.14. The first-order chi connectivity index (χ1) is 7.34. The maximum absolute atomic E-state index is 11.6. The molecule has 0 bridgehead atoms. The van der Waals surface area contributed by atoms with E-state index in [9.17, 15) is 13.2 Å². The van der Waals surface area contributed by atoms with Crippen molar-refractivity contribution in [2.24, 2.45) is 0 Å². The predicted molar refractivity (Wildman–Crippen MR) is 58.6 cm³/mol. The topological polar surface area (TPSA) is 96.4 Å². The Balaban J connectivity index is 2.98. The summed E-state index contributed by atoms with van der Waals surface area (Å²) in [6, 6.07) is 3.09. The molecule has 0 radical (unpaired) electrons. The number of hydrogen-bond donors (Lipinski definition) is 2. The molecule has 0 saturated carbocycles. The molecule has 1 heterocycles. The van der Waals surface area contributed by atoms with E-state index < -0.39 is 21.2 Å². The molecule has 0 aliphatic carbocycles. The molecule has 0 fully saturated rings. The number of rotatable bonds is 4. The molecule has 88 valence electrons. The van der Waals surface area contributed by atoms with Crippen LogP contribution in [0.3, 0.4) is 0 Å². The maximum atomic E-state index is 11.6. The molecule has 1 aromatic rings. The molecule has 7 heteroatoms. The van der Waals surface area contributed by atoms with Crippen molar-refractivity contribution in [3.05, 3.63) is 24.0 Å². The van der Waals surface area contributed by atoms with Gasteiger partial charge in [0.25, 0.3) is 0 Å². The minimum Gasteiger partial charge on any atom is -0.480 e. The Kier molecular flexibility index (Phi) is 3.48. The van der Waals surface area contributed by atoms with Crippen molar-refractivity contribution in [3.63, 3.8) is 0 Å². The fourth-order valence-corrected chi connectivity index (χ4v) is 1.93. The molecule has 16 heavy (non-hydrogen) atoms. The van der Waals surface area contributed by atoms with E-state index in [1.807, 2.05) is 0 Å². The first kappa shape index (κ1) is 12.4. The first-order valence-corrected chi connectivity index (χ1v) is 6.05. The maximum Gasteiger partial charge on any atom is 0.323 e. The zero-order chi connectivity index (χ0) is 12.3. The molecular formula is C9H12N2O4S. The third-order valence-corrected chi connectivity index (χ3v) is 3.71. The summed E-state index contributed by atoms with van der Waals surface area (Å²) in [5.74, 6) is -1.39. The van der Waals surface area contributed by atoms with Crippen LogP contribution in [-0.2, 0) is 14.8 Å². The number of nitrogens with one attached hydrogen (secondary N) is 1. The Morgan fingerprint density at radius 3 is 2.69 bits per heavy atom. The Morgan fingerprint density at radius 2 is 2.19 bits per heavy atom. The summed E-state index contributed by atoms with van der Waals surface area (Å²) < 4.78 is 25.3. The number of aryl methyl sites for hydroxylation is 1. The summed E-state index contributed by atoms with van der Waals surface area (Å²) in [5, 5.41) is 7.12. The molecule has 0 aromatic carbocycles. The molecular weight excluding hydrogens is 232 g/mol. The molecule has 0 aliphatic heterocycles. The second-order valence-corrected chi connectivity index (χ2v) is 5.27. The number of aromatic nitrogens is 1. The summed E-state index contributed by atoms with van der Waals surface area (Å²) in [4.78, 5) is 14.5. The number of aliphatic carboxylic acids is 1. The predicted octanol–water partition coefficient (Wildman–Crippen LogP) is 0.605. The van der Waals surface area contributed by atoms with Crippen LogP contribution >= 0.6 is 0 Å². The summed E-state index contributed by atoms with van der Waals surface area (Å²) in [6.45, 7) is 2.74. The van der Waals surface area contributed by atoms with E-state index in [4.69, 9.17) is 5.11 Å². The van der Waals surface area contributed by atoms with E-state index in [2.05, 4.69) is 9.71 Å². The fraction of sp³-hybridized carbons (Fsp3) is 0.333. The summed E-state index contributed by atoms with van der Waals surface area (Å²) >= 11 is 0. The van der Waals surface area contributed by atoms with Crippen LogP contribution in [-0.4, -0.2) is 29.7 Å². The van der Waals surface area contributed by atoms with Gasteiger partial charge in [-0.2, -0.15) is 0 Å². The Bertz CT molecular complexity index is 498. The van der Waals surface area contributed by atoms with Gasteiger partial charge in [-0.05, 0) is 26.0 Å². The highest BCUT2D eigenvalue weighted by atomic mass is 32.2. The van der Waals surface area contributed by atoms with Crippen LogP contribution in [0, 0.1) is 6.92 Å². The van der Waals surface area contributed by atoms with E-state index in [1.165, 1.54) is 12.3 Å². The van der Waals surface area contributed by atoms with Crippen molar-refractivity contribution in [2.45, 2.75) is 19.1 Å². The van der Waals surface area contributed by atoms with Gasteiger partial charge < -0.3 is 5.11 Å². The van der Waals surface area contributed by atoms with E-state index in [0.717, 1.165) is 6.92 Å². The summed E-state index contributed by atoms with van der Waals surface area (Å²) in [5.41, 5.74) is 0.777. The Hall–Kier alpha value is -1.63. The number of nitrogens with zero attached hydrogens (tertiary/aromatic N) is 1. The number of pyridine rings is 1. The van der Waals surface area contributed by atoms with Crippen molar-refractivity contribution in [1.29, 1.82) is 0 Å². The molecule has 0 spiro atoms. The van der Waals surface area contributed by atoms with Gasteiger partial charge in [0, 0.05) is 6.20 Å². The molecule has 1 atom stereocenters. The van der Waals surface area contributed by atoms with Gasteiger partial charge in [0.1, 0.15) is 0 Å². The smallest absolute Gasteiger partial charge is 0.323 e. The zero-order valence-corrected chi connectivity index (χ0v) is 9.65. The van der Waals surface area contributed by atoms with Gasteiger partial charge in [-0.1, -0.05) is 0 Å². The van der Waals surface area contributed by atoms with Crippen molar-refractivity contribution < 1.29 is 18.3 Å². The number of carbonyl (C=O) groups is 1. The second-order valence-electron chi connectivity index (χ2n) is 3.26. The second kappa shape index (κ2) is 4.48. The average Bonchev–Trinajstić information content (AvgIpc) is 2.20. The molecule has 1 unspecified atom stereocenters. The van der Waals surface area contributed by atoms with Crippen molar-refractivity contribution in [3.8, 4) is 0 Å². The minimum atomic E-state index is -3.92. The molecule has 0 aliphatic rings. The van der Waals surface area contributed by atoms with Crippen LogP contribution < -0.4 is 4.72 Å². The van der Waals surface area contributed by atoms with E-state index in [0.29, 0.717) is 5.69 Å². The highest BCUT2D eigenvalue weighted by molar-refractivity contribution is 7.94. The van der Waals surface area contributed by atoms with E-state index in [1.54, 1.807) is 13.0 Å². The van der Waals surface area contributed by atoms with Crippen LogP contribution in [0.25, 0.3) is 0 Å². The lowest BCUT2D eigenvalue weighted by Gasteiger charge is -2.12. The van der Waals surface area contributed by atoms with Crippen molar-refractivity contribution >= 4 is 21.7 Å². The van der Waals surface area contributed by atoms with Gasteiger partial charge in [0.05, 0.1) is 11.4 Å². The fourth-order valence-electron chi connectivity index (χ4n) is 0.966. The van der Waals surface area contributed by atoms with Crippen LogP contribution in [0.2, 0.25) is 0 Å². The molecule has 0 amide bonds. The SMILES string of the molecule is Cc1ncccc1NS(=O)(=O)C(C)C(=O)O. The van der Waals surface area contributed by atoms with E-state index >= 15 is 0 Å². The largest absolute Gasteiger partial charge is 0.480 e. The minimum absolute atomic E-state index is 0.288. The zero-order valence-electron chi connectivity index (χ0n) is 8.84. The van der Waals surface area contributed by atoms with Gasteiger partial charge in [-0.3, -0.25) is 14.5 Å². The Morgan fingerprint density at radius 1 is 1.56 bits per heavy atom. The molecule has 2 N–H and O–H groups in total. The molecule has 1 aromatic heterocycles. The van der Waals surface area contributed by atoms with Crippen LogP contribution in [0.15, 0.2) is 18.3 Å². The standard InChI is InChI=1S/C9H12N2O4S/c1-6-8(4-3-5-10-6)11-16(14,15)7(2)9(12)13/h3-5,7,11H,1-2H3,(H,12,13). The summed E-state index contributed by atoms with van der Waals surface area (Å²) in [6.07, 6.45) is 1.52. The monoisotopic (exact) mass is 244 g/mol. The lowest BCUT2D eigenvalue weighted by Crippen LogP contribution is -2.32. The van der Waals surface area contributed by atoms with Crippen molar-refractivity contribution in [1.82, 2.24) is 4.98 Å². The first-order valence-electron chi connectivity index (χ1n) is 4.50. The number of hydrogen-bond acceptors (Lipinski definition) is 4. The number of carboxylic acid groups (broad SMARTS) is 1. The number of sulfonamides is 1. The normalized spacial score (nSPS) is 13.1. The molecule has 0 saturated heterocycles. The van der Waals surface area contributed by atoms with Gasteiger partial charge >= 0.3 is 5.97 Å². The lowest BCUT2D eigenvalue weighted by molar-refractivity contribution is -0.136. The lowest BCUT2D eigenvalue weighted by atomic mass is 10.3. The average molecular weight is 244 g/mol. The molecule has 1 rings (SSSR count). The van der Waals surface area contributed by atoms with Crippen molar-refractivity contribution in [2.75, 3.05) is 4.72 Å². The highest BCUT2D eigenvalue weighted by Gasteiger charge is 2.27. The van der Waals surface area contributed by atoms with Gasteiger partial charge in [0.2, 0.25) is 10.0 Å². The van der Waals surface area contributed by atoms with Crippen LogP contribution in [0.1, 0.15) is 12.6 Å². The van der Waals surface area contributed by atoms with E-state index in [-0.39, 0.29) is 5.69 Å². The Labute approximate surface area is 93.4 Å². The summed E-state index contributed by atoms with van der Waals surface area (Å²) in [7, 11) is -3.92. The van der Waals surface area contributed by atoms with Crippen LogP contribution in [0.5, 0.6) is 0 Å². The van der Waals surface area contributed by atoms with Gasteiger partial charge in [0.15, 0.2) is 5.25 Å².